The number of likely N-dealkylation sites (tertiary alicyclic amines) is 2. The number of amides is 1. The first-order valence-corrected chi connectivity index (χ1v) is 9.73. The van der Waals surface area contributed by atoms with Crippen molar-refractivity contribution in [2.75, 3.05) is 39.4 Å². The fraction of sp³-hybridized carbons (Fsp3) is 0.700. The molecule has 4 rings (SSSR count). The zero-order valence-corrected chi connectivity index (χ0v) is 15.0. The third-order valence-corrected chi connectivity index (χ3v) is 6.44. The third kappa shape index (κ3) is 3.87. The predicted molar refractivity (Wildman–Crippen MR) is 95.9 cm³/mol. The molecular formula is C20H29N3O2. The van der Waals surface area contributed by atoms with Crippen LogP contribution in [0, 0.1) is 11.3 Å². The third-order valence-electron chi connectivity index (χ3n) is 6.44. The number of carbonyl (C=O) groups is 1. The molecular weight excluding hydrogens is 314 g/mol. The van der Waals surface area contributed by atoms with Gasteiger partial charge in [0.1, 0.15) is 0 Å². The molecule has 3 aliphatic rings. The zero-order chi connectivity index (χ0) is 17.1. The number of carbonyl (C=O) groups excluding carboxylic acids is 1. The van der Waals surface area contributed by atoms with E-state index in [2.05, 4.69) is 26.9 Å². The maximum Gasteiger partial charge on any atom is 0.228 e. The van der Waals surface area contributed by atoms with Gasteiger partial charge in [0.25, 0.3) is 0 Å². The van der Waals surface area contributed by atoms with E-state index in [1.54, 1.807) is 0 Å². The van der Waals surface area contributed by atoms with Gasteiger partial charge in [-0.05, 0) is 62.7 Å². The van der Waals surface area contributed by atoms with E-state index in [4.69, 9.17) is 4.74 Å². The lowest BCUT2D eigenvalue weighted by molar-refractivity contribution is -0.138. The largest absolute Gasteiger partial charge is 0.381 e. The molecule has 0 saturated carbocycles. The molecule has 0 N–H and O–H groups in total. The Hall–Kier alpha value is -1.46. The van der Waals surface area contributed by atoms with Crippen molar-refractivity contribution in [1.82, 2.24) is 14.8 Å². The smallest absolute Gasteiger partial charge is 0.228 e. The first-order valence-electron chi connectivity index (χ1n) is 9.73. The summed E-state index contributed by atoms with van der Waals surface area (Å²) in [5.74, 6) is 0.453. The molecule has 3 saturated heterocycles. The van der Waals surface area contributed by atoms with Crippen LogP contribution in [0.5, 0.6) is 0 Å². The molecule has 5 nitrogen and oxygen atoms in total. The first-order chi connectivity index (χ1) is 12.2. The predicted octanol–water partition coefficient (Wildman–Crippen LogP) is 2.32. The lowest BCUT2D eigenvalue weighted by Gasteiger charge is -2.47. The molecule has 0 radical (unpaired) electrons. The van der Waals surface area contributed by atoms with Crippen LogP contribution in [0.1, 0.15) is 37.8 Å². The van der Waals surface area contributed by atoms with Gasteiger partial charge in [-0.15, -0.1) is 0 Å². The van der Waals surface area contributed by atoms with E-state index in [0.29, 0.717) is 17.9 Å². The summed E-state index contributed by atoms with van der Waals surface area (Å²) >= 11 is 0. The van der Waals surface area contributed by atoms with Crippen LogP contribution < -0.4 is 0 Å². The van der Waals surface area contributed by atoms with Crippen LogP contribution in [-0.4, -0.2) is 60.1 Å². The quantitative estimate of drug-likeness (QED) is 0.845. The Kier molecular flexibility index (Phi) is 5.04. The van der Waals surface area contributed by atoms with Gasteiger partial charge >= 0.3 is 0 Å². The highest BCUT2D eigenvalue weighted by atomic mass is 16.5. The van der Waals surface area contributed by atoms with Crippen molar-refractivity contribution in [3.63, 3.8) is 0 Å². The number of ether oxygens (including phenoxy) is 1. The molecule has 1 atom stereocenters. The summed E-state index contributed by atoms with van der Waals surface area (Å²) in [6.45, 7) is 6.53. The number of nitrogens with zero attached hydrogens (tertiary/aromatic N) is 3. The average Bonchev–Trinajstić information content (AvgIpc) is 3.20. The van der Waals surface area contributed by atoms with Crippen molar-refractivity contribution in [2.24, 2.45) is 11.3 Å². The second-order valence-electron chi connectivity index (χ2n) is 7.98. The molecule has 4 heterocycles. The van der Waals surface area contributed by atoms with Crippen LogP contribution in [-0.2, 0) is 16.1 Å². The Morgan fingerprint density at radius 2 is 1.92 bits per heavy atom. The number of hydrogen-bond acceptors (Lipinski definition) is 4. The van der Waals surface area contributed by atoms with Crippen molar-refractivity contribution in [3.8, 4) is 0 Å². The average molecular weight is 343 g/mol. The maximum absolute atomic E-state index is 12.6. The van der Waals surface area contributed by atoms with Gasteiger partial charge in [-0.1, -0.05) is 6.07 Å². The number of piperidine rings is 2. The van der Waals surface area contributed by atoms with Crippen LogP contribution >= 0.6 is 0 Å². The van der Waals surface area contributed by atoms with Gasteiger partial charge in [-0.2, -0.15) is 0 Å². The van der Waals surface area contributed by atoms with E-state index in [1.165, 1.54) is 25.7 Å². The van der Waals surface area contributed by atoms with Gasteiger partial charge in [0.15, 0.2) is 0 Å². The molecule has 0 aliphatic carbocycles. The van der Waals surface area contributed by atoms with Crippen molar-refractivity contribution in [1.29, 1.82) is 0 Å². The number of hydrogen-bond donors (Lipinski definition) is 0. The molecule has 1 amide bonds. The monoisotopic (exact) mass is 343 g/mol. The minimum absolute atomic E-state index is 0.120. The summed E-state index contributed by atoms with van der Waals surface area (Å²) in [6, 6.07) is 6.15. The number of rotatable bonds is 3. The van der Waals surface area contributed by atoms with Crippen molar-refractivity contribution in [2.45, 2.75) is 38.6 Å². The topological polar surface area (TPSA) is 45.7 Å². The van der Waals surface area contributed by atoms with Crippen molar-refractivity contribution >= 4 is 5.91 Å². The molecule has 3 fully saturated rings. The van der Waals surface area contributed by atoms with E-state index in [9.17, 15) is 4.79 Å². The van der Waals surface area contributed by atoms with Gasteiger partial charge in [0, 0.05) is 32.4 Å². The Morgan fingerprint density at radius 3 is 2.56 bits per heavy atom. The molecule has 5 heteroatoms. The first kappa shape index (κ1) is 17.0. The van der Waals surface area contributed by atoms with Crippen LogP contribution in [0.4, 0.5) is 0 Å². The number of aromatic nitrogens is 1. The number of pyridine rings is 1. The van der Waals surface area contributed by atoms with Gasteiger partial charge in [-0.25, -0.2) is 0 Å². The molecule has 1 spiro atoms. The molecule has 1 aromatic rings. The van der Waals surface area contributed by atoms with Gasteiger partial charge in [-0.3, -0.25) is 14.7 Å². The van der Waals surface area contributed by atoms with Crippen molar-refractivity contribution in [3.05, 3.63) is 30.1 Å². The minimum atomic E-state index is 0.120. The lowest BCUT2D eigenvalue weighted by Crippen LogP contribution is -2.49. The lowest BCUT2D eigenvalue weighted by atomic mass is 9.71. The maximum atomic E-state index is 12.6. The molecule has 3 aliphatic heterocycles. The molecule has 0 bridgehead atoms. The molecule has 136 valence electrons. The Labute approximate surface area is 150 Å². The van der Waals surface area contributed by atoms with E-state index in [-0.39, 0.29) is 5.92 Å². The summed E-state index contributed by atoms with van der Waals surface area (Å²) in [5, 5.41) is 0. The van der Waals surface area contributed by atoms with Gasteiger partial charge < -0.3 is 9.64 Å². The van der Waals surface area contributed by atoms with Crippen LogP contribution in [0.3, 0.4) is 0 Å². The van der Waals surface area contributed by atoms with Crippen LogP contribution in [0.15, 0.2) is 24.4 Å². The second-order valence-corrected chi connectivity index (χ2v) is 7.98. The van der Waals surface area contributed by atoms with E-state index in [1.807, 2.05) is 12.3 Å². The molecule has 25 heavy (non-hydrogen) atoms. The van der Waals surface area contributed by atoms with Crippen LogP contribution in [0.25, 0.3) is 0 Å². The molecule has 0 aromatic carbocycles. The highest BCUT2D eigenvalue weighted by Gasteiger charge is 2.39. The summed E-state index contributed by atoms with van der Waals surface area (Å²) in [7, 11) is 0. The summed E-state index contributed by atoms with van der Waals surface area (Å²) < 4.78 is 5.38. The highest BCUT2D eigenvalue weighted by molar-refractivity contribution is 5.79. The fourth-order valence-electron chi connectivity index (χ4n) is 4.60. The normalized spacial score (nSPS) is 26.9. The Bertz CT molecular complexity index is 568. The van der Waals surface area contributed by atoms with E-state index < -0.39 is 0 Å². The summed E-state index contributed by atoms with van der Waals surface area (Å²) in [6.07, 6.45) is 7.64. The fourth-order valence-corrected chi connectivity index (χ4v) is 4.60. The highest BCUT2D eigenvalue weighted by Crippen LogP contribution is 2.41. The SMILES string of the molecule is O=C(C1CCOC1)N1CCC2(CCN(Cc3ccccn3)CC2)CC1. The van der Waals surface area contributed by atoms with Crippen LogP contribution in [0.2, 0.25) is 0 Å². The zero-order valence-electron chi connectivity index (χ0n) is 15.0. The van der Waals surface area contributed by atoms with Gasteiger partial charge in [0.2, 0.25) is 5.91 Å². The van der Waals surface area contributed by atoms with Crippen molar-refractivity contribution < 1.29 is 9.53 Å². The Balaban J connectivity index is 1.26. The van der Waals surface area contributed by atoms with E-state index >= 15 is 0 Å². The summed E-state index contributed by atoms with van der Waals surface area (Å²) in [4.78, 5) is 21.6. The van der Waals surface area contributed by atoms with Gasteiger partial charge in [0.05, 0.1) is 18.2 Å². The Morgan fingerprint density at radius 1 is 1.16 bits per heavy atom. The van der Waals surface area contributed by atoms with E-state index in [0.717, 1.165) is 51.4 Å². The summed E-state index contributed by atoms with van der Waals surface area (Å²) in [5.41, 5.74) is 1.63. The standard InChI is InChI=1S/C20H29N3O2/c24-19(17-4-14-25-16-17)23-12-7-20(8-13-23)5-10-22(11-6-20)15-18-3-1-2-9-21-18/h1-3,9,17H,4-8,10-16H2. The minimum Gasteiger partial charge on any atom is -0.381 e. The second kappa shape index (κ2) is 7.42. The molecule has 1 unspecified atom stereocenters. The molecule has 1 aromatic heterocycles.